The lowest BCUT2D eigenvalue weighted by molar-refractivity contribution is 0.101. The third-order valence-electron chi connectivity index (χ3n) is 7.09. The van der Waals surface area contributed by atoms with Gasteiger partial charge in [-0.2, -0.15) is 0 Å². The monoisotopic (exact) mass is 565 g/mol. The summed E-state index contributed by atoms with van der Waals surface area (Å²) in [6.45, 7) is 5.14. The molecule has 0 bridgehead atoms. The molecule has 40 heavy (non-hydrogen) atoms. The van der Waals surface area contributed by atoms with Gasteiger partial charge in [-0.15, -0.1) is 11.8 Å². The number of benzene rings is 2. The zero-order chi connectivity index (χ0) is 28.4. The van der Waals surface area contributed by atoms with Crippen molar-refractivity contribution < 1.29 is 14.3 Å². The average molecular weight is 566 g/mol. The van der Waals surface area contributed by atoms with Crippen molar-refractivity contribution in [2.45, 2.75) is 97.4 Å². The highest BCUT2D eigenvalue weighted by atomic mass is 32.2. The van der Waals surface area contributed by atoms with E-state index in [0.717, 1.165) is 25.3 Å². The zero-order valence-electron chi connectivity index (χ0n) is 24.4. The highest BCUT2D eigenvalue weighted by Gasteiger charge is 2.16. The summed E-state index contributed by atoms with van der Waals surface area (Å²) in [4.78, 5) is 27.3. The summed E-state index contributed by atoms with van der Waals surface area (Å²) in [7, 11) is 0. The molecule has 2 N–H and O–H groups in total. The minimum absolute atomic E-state index is 0.0874. The number of para-hydroxylation sites is 1. The van der Waals surface area contributed by atoms with E-state index in [1.165, 1.54) is 76.7 Å². The van der Waals surface area contributed by atoms with Crippen LogP contribution in [0.15, 0.2) is 54.1 Å². The predicted molar refractivity (Wildman–Crippen MR) is 169 cm³/mol. The molecule has 1 aliphatic heterocycles. The molecule has 0 spiro atoms. The van der Waals surface area contributed by atoms with Crippen LogP contribution in [-0.2, 0) is 6.54 Å². The van der Waals surface area contributed by atoms with Crippen LogP contribution < -0.4 is 15.4 Å². The first-order valence-electron chi connectivity index (χ1n) is 15.0. The highest BCUT2D eigenvalue weighted by molar-refractivity contribution is 8.02. The summed E-state index contributed by atoms with van der Waals surface area (Å²) in [6.07, 6.45) is 17.4. The van der Waals surface area contributed by atoms with E-state index in [0.29, 0.717) is 29.3 Å². The van der Waals surface area contributed by atoms with Crippen LogP contribution in [0.25, 0.3) is 0 Å². The Bertz CT molecular complexity index is 1070. The normalized spacial score (nSPS) is 12.5. The molecule has 2 aromatic carbocycles. The second-order valence-electron chi connectivity index (χ2n) is 10.6. The van der Waals surface area contributed by atoms with Crippen LogP contribution in [0.4, 0.5) is 16.2 Å². The molecule has 0 atom stereocenters. The first-order chi connectivity index (χ1) is 19.6. The van der Waals surface area contributed by atoms with Gasteiger partial charge in [0.15, 0.2) is 11.5 Å². The van der Waals surface area contributed by atoms with Gasteiger partial charge in [-0.05, 0) is 48.6 Å². The standard InChI is InChI=1S/C33H47N3O3S/c1-3-4-5-6-7-8-9-10-11-12-13-14-23-39-32-30(27(2)37)16-15-17-31(32)35-33(38)34-29-20-18-28(19-21-29)25-36-22-24-40-26-36/h15-22,24H,3-14,23,25-26H2,1-2H3,(H2,34,35,38). The number of hydrogen-bond acceptors (Lipinski definition) is 5. The van der Waals surface area contributed by atoms with E-state index in [1.54, 1.807) is 30.0 Å². The summed E-state index contributed by atoms with van der Waals surface area (Å²) in [6, 6.07) is 12.8. The van der Waals surface area contributed by atoms with Crippen LogP contribution in [-0.4, -0.2) is 29.2 Å². The van der Waals surface area contributed by atoms with Crippen LogP contribution in [0.3, 0.4) is 0 Å². The summed E-state index contributed by atoms with van der Waals surface area (Å²) in [5.41, 5.74) is 2.87. The number of ketones is 1. The Kier molecular flexibility index (Phi) is 14.6. The van der Waals surface area contributed by atoms with Crippen molar-refractivity contribution in [2.75, 3.05) is 23.1 Å². The molecule has 0 saturated carbocycles. The molecule has 2 aromatic rings. The predicted octanol–water partition coefficient (Wildman–Crippen LogP) is 9.59. The second-order valence-corrected chi connectivity index (χ2v) is 11.4. The molecule has 7 heteroatoms. The number of hydrogen-bond donors (Lipinski definition) is 2. The quantitative estimate of drug-likeness (QED) is 0.131. The Hall–Kier alpha value is -2.93. The van der Waals surface area contributed by atoms with Crippen molar-refractivity contribution in [3.8, 4) is 5.75 Å². The first kappa shape index (κ1) is 31.6. The van der Waals surface area contributed by atoms with Crippen molar-refractivity contribution in [3.63, 3.8) is 0 Å². The Labute approximate surface area is 245 Å². The lowest BCUT2D eigenvalue weighted by Gasteiger charge is -2.16. The van der Waals surface area contributed by atoms with Gasteiger partial charge in [-0.1, -0.05) is 95.8 Å². The van der Waals surface area contributed by atoms with Gasteiger partial charge < -0.3 is 20.3 Å². The van der Waals surface area contributed by atoms with Crippen molar-refractivity contribution in [2.24, 2.45) is 0 Å². The maximum atomic E-state index is 12.8. The lowest BCUT2D eigenvalue weighted by atomic mass is 10.1. The number of anilines is 2. The smallest absolute Gasteiger partial charge is 0.323 e. The largest absolute Gasteiger partial charge is 0.491 e. The number of carbonyl (C=O) groups is 2. The van der Waals surface area contributed by atoms with E-state index >= 15 is 0 Å². The fraction of sp³-hybridized carbons (Fsp3) is 0.515. The maximum absolute atomic E-state index is 12.8. The number of carbonyl (C=O) groups excluding carboxylic acids is 2. The molecule has 0 aromatic heterocycles. The highest BCUT2D eigenvalue weighted by Crippen LogP contribution is 2.30. The van der Waals surface area contributed by atoms with Gasteiger partial charge in [-0.25, -0.2) is 4.79 Å². The number of nitrogens with one attached hydrogen (secondary N) is 2. The van der Waals surface area contributed by atoms with Gasteiger partial charge in [0.2, 0.25) is 0 Å². The van der Waals surface area contributed by atoms with E-state index in [9.17, 15) is 9.59 Å². The van der Waals surface area contributed by atoms with Crippen LogP contribution in [0, 0.1) is 0 Å². The SMILES string of the molecule is CCCCCCCCCCCCCCOc1c(NC(=O)Nc2ccc(CN3C=CSC3)cc2)cccc1C(C)=O. The average Bonchev–Trinajstić information content (AvgIpc) is 3.46. The molecular weight excluding hydrogens is 518 g/mol. The van der Waals surface area contributed by atoms with Gasteiger partial charge in [0.25, 0.3) is 0 Å². The van der Waals surface area contributed by atoms with E-state index in [-0.39, 0.29) is 11.8 Å². The third-order valence-corrected chi connectivity index (χ3v) is 7.89. The van der Waals surface area contributed by atoms with Crippen molar-refractivity contribution in [1.82, 2.24) is 4.90 Å². The Morgan fingerprint density at radius 3 is 2.10 bits per heavy atom. The molecule has 0 fully saturated rings. The van der Waals surface area contributed by atoms with Crippen molar-refractivity contribution >= 4 is 35.0 Å². The summed E-state index contributed by atoms with van der Waals surface area (Å²) in [5.74, 6) is 1.32. The molecule has 0 saturated heterocycles. The van der Waals surface area contributed by atoms with Crippen LogP contribution in [0.2, 0.25) is 0 Å². The Morgan fingerprint density at radius 2 is 1.50 bits per heavy atom. The number of rotatable bonds is 19. The van der Waals surface area contributed by atoms with Gasteiger partial charge in [0.1, 0.15) is 0 Å². The topological polar surface area (TPSA) is 70.7 Å². The van der Waals surface area contributed by atoms with Crippen molar-refractivity contribution in [1.29, 1.82) is 0 Å². The second kappa shape index (κ2) is 18.4. The molecule has 3 rings (SSSR count). The van der Waals surface area contributed by atoms with Gasteiger partial charge in [-0.3, -0.25) is 4.79 Å². The number of nitrogens with zero attached hydrogens (tertiary/aromatic N) is 1. The van der Waals surface area contributed by atoms with E-state index in [2.05, 4.69) is 34.1 Å². The van der Waals surface area contributed by atoms with Gasteiger partial charge in [0.05, 0.1) is 23.7 Å². The molecule has 6 nitrogen and oxygen atoms in total. The molecule has 0 aliphatic carbocycles. The molecule has 218 valence electrons. The number of urea groups is 1. The van der Waals surface area contributed by atoms with Crippen LogP contribution >= 0.6 is 11.8 Å². The summed E-state index contributed by atoms with van der Waals surface area (Å²) in [5, 5.41) is 7.85. The molecule has 0 unspecified atom stereocenters. The van der Waals surface area contributed by atoms with Crippen LogP contribution in [0.5, 0.6) is 5.75 Å². The van der Waals surface area contributed by atoms with E-state index in [4.69, 9.17) is 4.74 Å². The summed E-state index contributed by atoms with van der Waals surface area (Å²) >= 11 is 1.78. The van der Waals surface area contributed by atoms with E-state index in [1.807, 2.05) is 24.3 Å². The van der Waals surface area contributed by atoms with E-state index < -0.39 is 0 Å². The van der Waals surface area contributed by atoms with Gasteiger partial charge in [0, 0.05) is 18.4 Å². The Morgan fingerprint density at radius 1 is 0.850 bits per heavy atom. The minimum Gasteiger partial charge on any atom is -0.491 e. The fourth-order valence-electron chi connectivity index (χ4n) is 4.81. The number of unbranched alkanes of at least 4 members (excludes halogenated alkanes) is 11. The molecule has 0 radical (unpaired) electrons. The molecule has 1 heterocycles. The van der Waals surface area contributed by atoms with Crippen molar-refractivity contribution in [3.05, 3.63) is 65.2 Å². The van der Waals surface area contributed by atoms with Gasteiger partial charge >= 0.3 is 6.03 Å². The number of thioether (sulfide) groups is 1. The maximum Gasteiger partial charge on any atom is 0.323 e. The summed E-state index contributed by atoms with van der Waals surface area (Å²) < 4.78 is 6.08. The molecular formula is C33H47N3O3S. The number of ether oxygens (including phenoxy) is 1. The molecule has 2 amide bonds. The zero-order valence-corrected chi connectivity index (χ0v) is 25.2. The lowest BCUT2D eigenvalue weighted by Crippen LogP contribution is -2.20. The molecule has 1 aliphatic rings. The number of amides is 2. The Balaban J connectivity index is 1.40. The number of Topliss-reactive ketones (excluding diaryl/α,β-unsaturated/α-hetero) is 1. The minimum atomic E-state index is -0.373. The first-order valence-corrected chi connectivity index (χ1v) is 16.1. The fourth-order valence-corrected chi connectivity index (χ4v) is 5.52. The third kappa shape index (κ3) is 11.7. The van der Waals surface area contributed by atoms with Crippen LogP contribution in [0.1, 0.15) is 107 Å².